The number of methoxy groups -OCH3 is 2. The van der Waals surface area contributed by atoms with E-state index < -0.39 is 0 Å². The van der Waals surface area contributed by atoms with Crippen LogP contribution in [0.5, 0.6) is 11.5 Å². The first-order valence-corrected chi connectivity index (χ1v) is 8.19. The summed E-state index contributed by atoms with van der Waals surface area (Å²) in [6, 6.07) is 12.3. The molecular weight excluding hydrogens is 346 g/mol. The molecule has 0 bridgehead atoms. The summed E-state index contributed by atoms with van der Waals surface area (Å²) in [7, 11) is 3.16. The summed E-state index contributed by atoms with van der Waals surface area (Å²) in [5.41, 5.74) is 1.90. The molecule has 3 aromatic rings. The Morgan fingerprint density at radius 1 is 1.00 bits per heavy atom. The van der Waals surface area contributed by atoms with Crippen molar-refractivity contribution < 1.29 is 14.3 Å². The molecule has 0 radical (unpaired) electrons. The number of carbonyl (C=O) groups is 1. The predicted molar refractivity (Wildman–Crippen MR) is 100 cm³/mol. The second-order valence-electron chi connectivity index (χ2n) is 5.53. The summed E-state index contributed by atoms with van der Waals surface area (Å²) in [5, 5.41) is 13.9. The van der Waals surface area contributed by atoms with Crippen LogP contribution in [0.1, 0.15) is 16.1 Å². The first kappa shape index (κ1) is 18.1. The van der Waals surface area contributed by atoms with Gasteiger partial charge in [-0.1, -0.05) is 0 Å². The van der Waals surface area contributed by atoms with Gasteiger partial charge in [0.2, 0.25) is 0 Å². The Morgan fingerprint density at radius 3 is 2.48 bits per heavy atom. The van der Waals surface area contributed by atoms with Gasteiger partial charge in [-0.25, -0.2) is 0 Å². The molecule has 2 heterocycles. The van der Waals surface area contributed by atoms with Crippen LogP contribution in [0, 0.1) is 0 Å². The molecule has 0 aliphatic heterocycles. The Bertz CT molecular complexity index is 901. The van der Waals surface area contributed by atoms with Gasteiger partial charge in [0.15, 0.2) is 11.5 Å². The van der Waals surface area contributed by atoms with Gasteiger partial charge >= 0.3 is 0 Å². The standard InChI is InChI=1S/C19H19N5O3/c1-26-14-3-4-15(17(11-14)27-2)22-18-6-5-16(23-24-18)19(25)21-12-13-7-9-20-10-8-13/h3-11H,12H2,1-2H3,(H,21,25)(H,22,24). The third-order valence-corrected chi connectivity index (χ3v) is 3.77. The molecule has 0 atom stereocenters. The van der Waals surface area contributed by atoms with E-state index in [9.17, 15) is 4.79 Å². The third kappa shape index (κ3) is 4.69. The van der Waals surface area contributed by atoms with Gasteiger partial charge in [0.1, 0.15) is 11.5 Å². The van der Waals surface area contributed by atoms with E-state index >= 15 is 0 Å². The fourth-order valence-electron chi connectivity index (χ4n) is 2.33. The minimum Gasteiger partial charge on any atom is -0.497 e. The van der Waals surface area contributed by atoms with Gasteiger partial charge in [0, 0.05) is 25.0 Å². The maximum absolute atomic E-state index is 12.2. The predicted octanol–water partition coefficient (Wildman–Crippen LogP) is 2.56. The Labute approximate surface area is 156 Å². The van der Waals surface area contributed by atoms with Crippen LogP contribution in [-0.2, 0) is 6.54 Å². The molecule has 138 valence electrons. The summed E-state index contributed by atoms with van der Waals surface area (Å²) in [6.07, 6.45) is 3.35. The fourth-order valence-corrected chi connectivity index (χ4v) is 2.33. The molecule has 0 saturated carbocycles. The molecule has 2 aromatic heterocycles. The van der Waals surface area contributed by atoms with E-state index in [1.807, 2.05) is 18.2 Å². The highest BCUT2D eigenvalue weighted by Crippen LogP contribution is 2.30. The largest absolute Gasteiger partial charge is 0.497 e. The quantitative estimate of drug-likeness (QED) is 0.664. The lowest BCUT2D eigenvalue weighted by atomic mass is 10.2. The van der Waals surface area contributed by atoms with Gasteiger partial charge in [-0.15, -0.1) is 10.2 Å². The van der Waals surface area contributed by atoms with E-state index in [0.29, 0.717) is 29.5 Å². The number of nitrogens with one attached hydrogen (secondary N) is 2. The topological polar surface area (TPSA) is 98.3 Å². The van der Waals surface area contributed by atoms with Crippen LogP contribution in [-0.4, -0.2) is 35.3 Å². The zero-order valence-corrected chi connectivity index (χ0v) is 15.0. The fraction of sp³-hybridized carbons (Fsp3) is 0.158. The molecule has 0 spiro atoms. The summed E-state index contributed by atoms with van der Waals surface area (Å²) < 4.78 is 10.5. The second-order valence-corrected chi connectivity index (χ2v) is 5.53. The number of rotatable bonds is 7. The zero-order valence-electron chi connectivity index (χ0n) is 15.0. The molecule has 0 unspecified atom stereocenters. The van der Waals surface area contributed by atoms with Crippen molar-refractivity contribution in [2.45, 2.75) is 6.54 Å². The van der Waals surface area contributed by atoms with Gasteiger partial charge in [-0.3, -0.25) is 9.78 Å². The number of hydrogen-bond donors (Lipinski definition) is 2. The monoisotopic (exact) mass is 365 g/mol. The maximum Gasteiger partial charge on any atom is 0.272 e. The van der Waals surface area contributed by atoms with Crippen molar-refractivity contribution in [2.75, 3.05) is 19.5 Å². The summed E-state index contributed by atoms with van der Waals surface area (Å²) in [6.45, 7) is 0.395. The average Bonchev–Trinajstić information content (AvgIpc) is 2.73. The molecule has 3 rings (SSSR count). The van der Waals surface area contributed by atoms with E-state index in [1.165, 1.54) is 0 Å². The summed E-state index contributed by atoms with van der Waals surface area (Å²) in [5.74, 6) is 1.48. The highest BCUT2D eigenvalue weighted by atomic mass is 16.5. The van der Waals surface area contributed by atoms with Gasteiger partial charge in [0.25, 0.3) is 5.91 Å². The Morgan fingerprint density at radius 2 is 1.81 bits per heavy atom. The third-order valence-electron chi connectivity index (χ3n) is 3.77. The van der Waals surface area contributed by atoms with Crippen molar-refractivity contribution in [3.05, 3.63) is 66.1 Å². The lowest BCUT2D eigenvalue weighted by Crippen LogP contribution is -2.24. The number of pyridine rings is 1. The lowest BCUT2D eigenvalue weighted by molar-refractivity contribution is 0.0945. The van der Waals surface area contributed by atoms with Gasteiger partial charge in [0.05, 0.1) is 19.9 Å². The van der Waals surface area contributed by atoms with Crippen molar-refractivity contribution in [3.63, 3.8) is 0 Å². The van der Waals surface area contributed by atoms with Crippen LogP contribution < -0.4 is 20.1 Å². The highest BCUT2D eigenvalue weighted by molar-refractivity contribution is 5.92. The van der Waals surface area contributed by atoms with Crippen molar-refractivity contribution in [1.82, 2.24) is 20.5 Å². The first-order valence-electron chi connectivity index (χ1n) is 8.19. The SMILES string of the molecule is COc1ccc(Nc2ccc(C(=O)NCc3ccncc3)nn2)c(OC)c1. The molecule has 2 N–H and O–H groups in total. The Balaban J connectivity index is 1.64. The van der Waals surface area contributed by atoms with Crippen LogP contribution in [0.3, 0.4) is 0 Å². The van der Waals surface area contributed by atoms with Gasteiger partial charge < -0.3 is 20.1 Å². The number of amides is 1. The minimum absolute atomic E-state index is 0.233. The molecule has 27 heavy (non-hydrogen) atoms. The molecule has 0 fully saturated rings. The van der Waals surface area contributed by atoms with Crippen molar-refractivity contribution in [3.8, 4) is 11.5 Å². The molecule has 8 nitrogen and oxygen atoms in total. The van der Waals surface area contributed by atoms with Crippen LogP contribution in [0.2, 0.25) is 0 Å². The second kappa shape index (κ2) is 8.61. The first-order chi connectivity index (χ1) is 13.2. The molecular formula is C19H19N5O3. The average molecular weight is 365 g/mol. The molecule has 1 amide bonds. The number of carbonyl (C=O) groups excluding carboxylic acids is 1. The summed E-state index contributed by atoms with van der Waals surface area (Å²) >= 11 is 0. The van der Waals surface area contributed by atoms with Crippen molar-refractivity contribution >= 4 is 17.4 Å². The van der Waals surface area contributed by atoms with Crippen molar-refractivity contribution in [1.29, 1.82) is 0 Å². The van der Waals surface area contributed by atoms with Crippen LogP contribution in [0.4, 0.5) is 11.5 Å². The number of benzene rings is 1. The van der Waals surface area contributed by atoms with E-state index in [1.54, 1.807) is 50.9 Å². The Hall–Kier alpha value is -3.68. The molecule has 0 aliphatic rings. The van der Waals surface area contributed by atoms with E-state index in [2.05, 4.69) is 25.8 Å². The molecule has 8 heteroatoms. The number of ether oxygens (including phenoxy) is 2. The number of anilines is 2. The molecule has 0 aliphatic carbocycles. The number of nitrogens with zero attached hydrogens (tertiary/aromatic N) is 3. The number of hydrogen-bond acceptors (Lipinski definition) is 7. The normalized spacial score (nSPS) is 10.1. The maximum atomic E-state index is 12.2. The number of aromatic nitrogens is 3. The smallest absolute Gasteiger partial charge is 0.272 e. The summed E-state index contributed by atoms with van der Waals surface area (Å²) in [4.78, 5) is 16.1. The van der Waals surface area contributed by atoms with E-state index in [4.69, 9.17) is 9.47 Å². The molecule has 1 aromatic carbocycles. The van der Waals surface area contributed by atoms with E-state index in [-0.39, 0.29) is 11.6 Å². The minimum atomic E-state index is -0.298. The molecule has 0 saturated heterocycles. The van der Waals surface area contributed by atoms with E-state index in [0.717, 1.165) is 5.56 Å². The highest BCUT2D eigenvalue weighted by Gasteiger charge is 2.10. The Kier molecular flexibility index (Phi) is 5.78. The lowest BCUT2D eigenvalue weighted by Gasteiger charge is -2.11. The van der Waals surface area contributed by atoms with Gasteiger partial charge in [-0.2, -0.15) is 0 Å². The zero-order chi connectivity index (χ0) is 19.1. The van der Waals surface area contributed by atoms with Crippen molar-refractivity contribution in [2.24, 2.45) is 0 Å². The van der Waals surface area contributed by atoms with Crippen LogP contribution >= 0.6 is 0 Å². The van der Waals surface area contributed by atoms with Gasteiger partial charge in [-0.05, 0) is 42.0 Å². The van der Waals surface area contributed by atoms with Crippen LogP contribution in [0.25, 0.3) is 0 Å². The van der Waals surface area contributed by atoms with Crippen LogP contribution in [0.15, 0.2) is 54.9 Å².